The van der Waals surface area contributed by atoms with Crippen LogP contribution in [0.1, 0.15) is 20.3 Å². The van der Waals surface area contributed by atoms with E-state index >= 15 is 0 Å². The van der Waals surface area contributed by atoms with E-state index in [4.69, 9.17) is 9.47 Å². The van der Waals surface area contributed by atoms with E-state index in [0.717, 1.165) is 12.7 Å². The van der Waals surface area contributed by atoms with Gasteiger partial charge in [-0.1, -0.05) is 42.5 Å². The molecule has 0 rings (SSSR count). The molecule has 100 valence electrons. The fourth-order valence-electron chi connectivity index (χ4n) is 1.19. The summed E-state index contributed by atoms with van der Waals surface area (Å²) >= 11 is 0. The predicted molar refractivity (Wildman–Crippen MR) is 74.3 cm³/mol. The van der Waals surface area contributed by atoms with E-state index in [1.54, 1.807) is 12.2 Å². The fourth-order valence-corrected chi connectivity index (χ4v) is 1.19. The summed E-state index contributed by atoms with van der Waals surface area (Å²) in [6.07, 6.45) is 15.8. The van der Waals surface area contributed by atoms with Gasteiger partial charge in [0.1, 0.15) is 6.29 Å². The normalized spacial score (nSPS) is 12.8. The molecular weight excluding hydrogens is 228 g/mol. The van der Waals surface area contributed by atoms with Crippen molar-refractivity contribution in [1.82, 2.24) is 0 Å². The van der Waals surface area contributed by atoms with Crippen LogP contribution in [0, 0.1) is 0 Å². The Morgan fingerprint density at radius 2 is 1.33 bits per heavy atom. The Morgan fingerprint density at radius 1 is 0.833 bits per heavy atom. The molecule has 3 heteroatoms. The molecule has 0 amide bonds. The first kappa shape index (κ1) is 16.6. The van der Waals surface area contributed by atoms with Gasteiger partial charge in [0, 0.05) is 19.6 Å². The number of allylic oxidation sites excluding steroid dienone is 7. The van der Waals surface area contributed by atoms with Crippen LogP contribution < -0.4 is 0 Å². The molecule has 0 heterocycles. The summed E-state index contributed by atoms with van der Waals surface area (Å²) < 4.78 is 10.8. The van der Waals surface area contributed by atoms with Crippen LogP contribution in [0.2, 0.25) is 0 Å². The maximum Gasteiger partial charge on any atom is 0.160 e. The van der Waals surface area contributed by atoms with Gasteiger partial charge >= 0.3 is 0 Å². The van der Waals surface area contributed by atoms with Gasteiger partial charge in [-0.3, -0.25) is 4.79 Å². The molecule has 0 N–H and O–H groups in total. The molecule has 0 aromatic carbocycles. The fraction of sp³-hybridized carbons (Fsp3) is 0.400. The zero-order chi connectivity index (χ0) is 13.5. The maximum absolute atomic E-state index is 9.98. The number of carbonyl (C=O) groups is 1. The van der Waals surface area contributed by atoms with E-state index in [1.807, 2.05) is 44.2 Å². The molecule has 0 aromatic rings. The molecule has 0 saturated carbocycles. The summed E-state index contributed by atoms with van der Waals surface area (Å²) in [6.45, 7) is 5.21. The lowest BCUT2D eigenvalue weighted by Crippen LogP contribution is -2.16. The number of hydrogen-bond donors (Lipinski definition) is 0. The highest BCUT2D eigenvalue weighted by Crippen LogP contribution is 2.02. The van der Waals surface area contributed by atoms with Gasteiger partial charge in [-0.2, -0.15) is 0 Å². The zero-order valence-electron chi connectivity index (χ0n) is 11.1. The van der Waals surface area contributed by atoms with E-state index in [1.165, 1.54) is 6.08 Å². The lowest BCUT2D eigenvalue weighted by molar-refractivity contribution is -0.133. The van der Waals surface area contributed by atoms with Crippen molar-refractivity contribution in [3.63, 3.8) is 0 Å². The molecule has 0 aliphatic rings. The van der Waals surface area contributed by atoms with Crippen molar-refractivity contribution in [3.8, 4) is 0 Å². The standard InChI is InChI=1S/C15H22O3/c1-3-17-15(18-4-2)13-11-9-7-5-6-8-10-12-14-16/h5-12,14-15H,3-4,13H2,1-2H3/b7-5+,8-6+,11-9+,12-10+. The quantitative estimate of drug-likeness (QED) is 0.258. The summed E-state index contributed by atoms with van der Waals surface area (Å²) in [4.78, 5) is 9.98. The third kappa shape index (κ3) is 11.0. The van der Waals surface area contributed by atoms with Crippen LogP contribution in [0.3, 0.4) is 0 Å². The third-order valence-electron chi connectivity index (χ3n) is 1.91. The average Bonchev–Trinajstić information content (AvgIpc) is 2.37. The number of hydrogen-bond acceptors (Lipinski definition) is 3. The predicted octanol–water partition coefficient (Wildman–Crippen LogP) is 3.20. The van der Waals surface area contributed by atoms with Gasteiger partial charge in [-0.25, -0.2) is 0 Å². The lowest BCUT2D eigenvalue weighted by Gasteiger charge is -2.14. The second kappa shape index (κ2) is 13.6. The Labute approximate surface area is 109 Å². The van der Waals surface area contributed by atoms with E-state index in [-0.39, 0.29) is 6.29 Å². The van der Waals surface area contributed by atoms with Gasteiger partial charge in [-0.15, -0.1) is 0 Å². The van der Waals surface area contributed by atoms with Crippen molar-refractivity contribution in [1.29, 1.82) is 0 Å². The highest BCUT2D eigenvalue weighted by atomic mass is 16.7. The minimum absolute atomic E-state index is 0.157. The molecule has 0 spiro atoms. The van der Waals surface area contributed by atoms with Gasteiger partial charge in [0.2, 0.25) is 0 Å². The average molecular weight is 250 g/mol. The minimum atomic E-state index is -0.157. The molecule has 0 saturated heterocycles. The first-order valence-electron chi connectivity index (χ1n) is 6.18. The van der Waals surface area contributed by atoms with Crippen molar-refractivity contribution in [3.05, 3.63) is 48.6 Å². The Kier molecular flexibility index (Phi) is 12.5. The van der Waals surface area contributed by atoms with E-state index in [2.05, 4.69) is 0 Å². The van der Waals surface area contributed by atoms with Crippen molar-refractivity contribution in [2.45, 2.75) is 26.6 Å². The SMILES string of the molecule is CCOC(C/C=C/C=C/C=C/C=C/C=O)OCC. The first-order valence-corrected chi connectivity index (χ1v) is 6.18. The van der Waals surface area contributed by atoms with Crippen molar-refractivity contribution < 1.29 is 14.3 Å². The second-order valence-electron chi connectivity index (χ2n) is 3.29. The van der Waals surface area contributed by atoms with Gasteiger partial charge < -0.3 is 9.47 Å². The van der Waals surface area contributed by atoms with Crippen molar-refractivity contribution in [2.75, 3.05) is 13.2 Å². The van der Waals surface area contributed by atoms with Gasteiger partial charge in [-0.05, 0) is 19.9 Å². The van der Waals surface area contributed by atoms with Gasteiger partial charge in [0.15, 0.2) is 6.29 Å². The Balaban J connectivity index is 3.85. The van der Waals surface area contributed by atoms with E-state index < -0.39 is 0 Å². The lowest BCUT2D eigenvalue weighted by atomic mass is 10.3. The smallest absolute Gasteiger partial charge is 0.160 e. The van der Waals surface area contributed by atoms with Gasteiger partial charge in [0.25, 0.3) is 0 Å². The van der Waals surface area contributed by atoms with Crippen LogP contribution in [0.25, 0.3) is 0 Å². The number of carbonyl (C=O) groups excluding carboxylic acids is 1. The Morgan fingerprint density at radius 3 is 1.83 bits per heavy atom. The Hall–Kier alpha value is -1.45. The molecule has 0 atom stereocenters. The molecule has 0 aliphatic heterocycles. The number of rotatable bonds is 10. The van der Waals surface area contributed by atoms with Crippen LogP contribution in [-0.2, 0) is 14.3 Å². The molecule has 0 aliphatic carbocycles. The molecule has 0 radical (unpaired) electrons. The minimum Gasteiger partial charge on any atom is -0.353 e. The van der Waals surface area contributed by atoms with Crippen LogP contribution in [-0.4, -0.2) is 25.8 Å². The molecule has 3 nitrogen and oxygen atoms in total. The maximum atomic E-state index is 9.98. The highest BCUT2D eigenvalue weighted by molar-refractivity contribution is 5.65. The van der Waals surface area contributed by atoms with Crippen molar-refractivity contribution in [2.24, 2.45) is 0 Å². The Bertz CT molecular complexity index is 295. The molecule has 0 bridgehead atoms. The topological polar surface area (TPSA) is 35.5 Å². The zero-order valence-corrected chi connectivity index (χ0v) is 11.1. The van der Waals surface area contributed by atoms with E-state index in [0.29, 0.717) is 13.2 Å². The molecule has 0 unspecified atom stereocenters. The molecule has 18 heavy (non-hydrogen) atoms. The summed E-state index contributed by atoms with van der Waals surface area (Å²) in [5.74, 6) is 0. The third-order valence-corrected chi connectivity index (χ3v) is 1.91. The number of ether oxygens (including phenoxy) is 2. The van der Waals surface area contributed by atoms with Crippen LogP contribution in [0.5, 0.6) is 0 Å². The summed E-state index contributed by atoms with van der Waals surface area (Å²) in [7, 11) is 0. The van der Waals surface area contributed by atoms with E-state index in [9.17, 15) is 4.79 Å². The monoisotopic (exact) mass is 250 g/mol. The summed E-state index contributed by atoms with van der Waals surface area (Å²) in [5.41, 5.74) is 0. The second-order valence-corrected chi connectivity index (χ2v) is 3.29. The van der Waals surface area contributed by atoms with Crippen LogP contribution >= 0.6 is 0 Å². The first-order chi connectivity index (χ1) is 8.85. The largest absolute Gasteiger partial charge is 0.353 e. The van der Waals surface area contributed by atoms with Crippen LogP contribution in [0.4, 0.5) is 0 Å². The van der Waals surface area contributed by atoms with Gasteiger partial charge in [0.05, 0.1) is 0 Å². The molecule has 0 fully saturated rings. The van der Waals surface area contributed by atoms with Crippen molar-refractivity contribution >= 4 is 6.29 Å². The number of aldehydes is 1. The highest BCUT2D eigenvalue weighted by Gasteiger charge is 2.03. The van der Waals surface area contributed by atoms with Crippen LogP contribution in [0.15, 0.2) is 48.6 Å². The summed E-state index contributed by atoms with van der Waals surface area (Å²) in [6, 6.07) is 0. The molecule has 0 aromatic heterocycles. The summed E-state index contributed by atoms with van der Waals surface area (Å²) in [5, 5.41) is 0. The molecular formula is C15H22O3.